The van der Waals surface area contributed by atoms with Gasteiger partial charge in [-0.05, 0) is 0 Å². The zero-order chi connectivity index (χ0) is 11.5. The third-order valence-corrected chi connectivity index (χ3v) is 2.72. The molecule has 0 fully saturated rings. The van der Waals surface area contributed by atoms with Crippen LogP contribution in [0.25, 0.3) is 0 Å². The summed E-state index contributed by atoms with van der Waals surface area (Å²) in [5.41, 5.74) is 6.40. The van der Waals surface area contributed by atoms with Gasteiger partial charge < -0.3 is 15.6 Å². The monoisotopic (exact) mass is 225 g/mol. The Morgan fingerprint density at radius 2 is 2.56 bits per heavy atom. The maximum atomic E-state index is 10.7. The predicted molar refractivity (Wildman–Crippen MR) is 56.4 cm³/mol. The fourth-order valence-electron chi connectivity index (χ4n) is 1.90. The van der Waals surface area contributed by atoms with Crippen LogP contribution in [0.5, 0.6) is 5.88 Å². The predicted octanol–water partition coefficient (Wildman–Crippen LogP) is 0.183. The zero-order valence-electron chi connectivity index (χ0n) is 8.93. The Morgan fingerprint density at radius 3 is 3.25 bits per heavy atom. The molecule has 0 spiro atoms. The van der Waals surface area contributed by atoms with E-state index in [-0.39, 0.29) is 18.9 Å². The number of hydrogen-bond acceptors (Lipinski definition) is 4. The highest BCUT2D eigenvalue weighted by molar-refractivity contribution is 5.68. The molecule has 3 N–H and O–H groups in total. The first-order valence-corrected chi connectivity index (χ1v) is 5.32. The Kier molecular flexibility index (Phi) is 3.09. The average molecular weight is 225 g/mol. The van der Waals surface area contributed by atoms with Crippen molar-refractivity contribution in [2.45, 2.75) is 25.3 Å². The van der Waals surface area contributed by atoms with Crippen LogP contribution >= 0.6 is 0 Å². The summed E-state index contributed by atoms with van der Waals surface area (Å²) in [7, 11) is 0. The molecule has 0 saturated heterocycles. The fraction of sp³-hybridized carbons (Fsp3) is 0.600. The molecule has 0 saturated carbocycles. The number of nitrogens with two attached hydrogens (primary N) is 1. The topological polar surface area (TPSA) is 90.4 Å². The lowest BCUT2D eigenvalue weighted by Gasteiger charge is -2.18. The van der Waals surface area contributed by atoms with Crippen molar-refractivity contribution in [2.75, 3.05) is 13.2 Å². The van der Waals surface area contributed by atoms with Crippen LogP contribution in [-0.2, 0) is 11.3 Å². The van der Waals surface area contributed by atoms with Gasteiger partial charge >= 0.3 is 5.97 Å². The highest BCUT2D eigenvalue weighted by Crippen LogP contribution is 2.30. The standard InChI is InChI=1S/C10H15N3O3/c11-5-7(4-9(14)15)8-6-12-13-2-1-3-16-10(8)13/h6-7H,1-5,11H2,(H,14,15). The molecule has 1 atom stereocenters. The summed E-state index contributed by atoms with van der Waals surface area (Å²) in [6, 6.07) is 0. The van der Waals surface area contributed by atoms with E-state index in [9.17, 15) is 4.79 Å². The van der Waals surface area contributed by atoms with E-state index in [2.05, 4.69) is 5.10 Å². The van der Waals surface area contributed by atoms with Gasteiger partial charge in [-0.1, -0.05) is 0 Å². The van der Waals surface area contributed by atoms with Crippen molar-refractivity contribution in [2.24, 2.45) is 5.73 Å². The van der Waals surface area contributed by atoms with Crippen LogP contribution < -0.4 is 10.5 Å². The third kappa shape index (κ3) is 2.01. The minimum atomic E-state index is -0.855. The molecule has 1 aliphatic rings. The van der Waals surface area contributed by atoms with Crippen LogP contribution in [0.2, 0.25) is 0 Å². The molecule has 1 unspecified atom stereocenters. The molecule has 2 heterocycles. The quantitative estimate of drug-likeness (QED) is 0.763. The number of fused-ring (bicyclic) bond motifs is 1. The lowest BCUT2D eigenvalue weighted by Crippen LogP contribution is -2.19. The highest BCUT2D eigenvalue weighted by Gasteiger charge is 2.24. The van der Waals surface area contributed by atoms with Crippen molar-refractivity contribution in [3.05, 3.63) is 11.8 Å². The van der Waals surface area contributed by atoms with Crippen molar-refractivity contribution in [1.29, 1.82) is 0 Å². The number of nitrogens with zero attached hydrogens (tertiary/aromatic N) is 2. The molecule has 1 aromatic heterocycles. The van der Waals surface area contributed by atoms with Crippen LogP contribution in [0.3, 0.4) is 0 Å². The van der Waals surface area contributed by atoms with Crippen LogP contribution in [-0.4, -0.2) is 34.0 Å². The molecule has 0 aliphatic carbocycles. The molecule has 0 radical (unpaired) electrons. The van der Waals surface area contributed by atoms with E-state index < -0.39 is 5.97 Å². The van der Waals surface area contributed by atoms with Crippen LogP contribution in [0.15, 0.2) is 6.20 Å². The smallest absolute Gasteiger partial charge is 0.304 e. The molecule has 6 nitrogen and oxygen atoms in total. The maximum Gasteiger partial charge on any atom is 0.304 e. The van der Waals surface area contributed by atoms with Crippen molar-refractivity contribution in [3.8, 4) is 5.88 Å². The number of aromatic nitrogens is 2. The summed E-state index contributed by atoms with van der Waals surface area (Å²) in [6.07, 6.45) is 2.61. The summed E-state index contributed by atoms with van der Waals surface area (Å²) in [6.45, 7) is 1.76. The van der Waals surface area contributed by atoms with E-state index in [0.29, 0.717) is 12.5 Å². The molecular formula is C10H15N3O3. The van der Waals surface area contributed by atoms with Crippen molar-refractivity contribution in [3.63, 3.8) is 0 Å². The van der Waals surface area contributed by atoms with Crippen LogP contribution in [0, 0.1) is 0 Å². The molecule has 2 rings (SSSR count). The van der Waals surface area contributed by atoms with Gasteiger partial charge in [-0.2, -0.15) is 5.10 Å². The van der Waals surface area contributed by atoms with E-state index >= 15 is 0 Å². The number of carboxylic acid groups (broad SMARTS) is 1. The minimum absolute atomic E-state index is 0.0125. The maximum absolute atomic E-state index is 10.7. The summed E-state index contributed by atoms with van der Waals surface area (Å²) < 4.78 is 7.28. The molecule has 0 amide bonds. The fourth-order valence-corrected chi connectivity index (χ4v) is 1.90. The Labute approximate surface area is 93.0 Å². The Bertz CT molecular complexity index is 389. The van der Waals surface area contributed by atoms with Gasteiger partial charge in [0.15, 0.2) is 0 Å². The lowest BCUT2D eigenvalue weighted by molar-refractivity contribution is -0.137. The van der Waals surface area contributed by atoms with Gasteiger partial charge in [0.1, 0.15) is 0 Å². The summed E-state index contributed by atoms with van der Waals surface area (Å²) in [4.78, 5) is 10.7. The van der Waals surface area contributed by atoms with Crippen LogP contribution in [0.1, 0.15) is 24.3 Å². The van der Waals surface area contributed by atoms with Crippen molar-refractivity contribution < 1.29 is 14.6 Å². The van der Waals surface area contributed by atoms with Crippen LogP contribution in [0.4, 0.5) is 0 Å². The summed E-state index contributed by atoms with van der Waals surface area (Å²) in [5.74, 6) is -0.395. The van der Waals surface area contributed by atoms with Gasteiger partial charge in [0.05, 0.1) is 19.2 Å². The van der Waals surface area contributed by atoms with Gasteiger partial charge in [0.25, 0.3) is 0 Å². The number of carboxylic acids is 1. The second kappa shape index (κ2) is 4.52. The number of ether oxygens (including phenoxy) is 1. The molecule has 0 bridgehead atoms. The second-order valence-electron chi connectivity index (χ2n) is 3.86. The van der Waals surface area contributed by atoms with E-state index in [1.165, 1.54) is 0 Å². The SMILES string of the molecule is NCC(CC(=O)O)c1cnn2c1OCCC2. The second-order valence-corrected chi connectivity index (χ2v) is 3.86. The van der Waals surface area contributed by atoms with Gasteiger partial charge in [0, 0.05) is 31.0 Å². The van der Waals surface area contributed by atoms with Crippen molar-refractivity contribution in [1.82, 2.24) is 9.78 Å². The first-order valence-electron chi connectivity index (χ1n) is 5.32. The highest BCUT2D eigenvalue weighted by atomic mass is 16.5. The van der Waals surface area contributed by atoms with Gasteiger partial charge in [0.2, 0.25) is 5.88 Å². The minimum Gasteiger partial charge on any atom is -0.481 e. The first kappa shape index (κ1) is 10.9. The lowest BCUT2D eigenvalue weighted by atomic mass is 9.98. The largest absolute Gasteiger partial charge is 0.481 e. The van der Waals surface area contributed by atoms with Gasteiger partial charge in [-0.15, -0.1) is 0 Å². The van der Waals surface area contributed by atoms with E-state index in [1.807, 2.05) is 0 Å². The summed E-state index contributed by atoms with van der Waals surface area (Å²) >= 11 is 0. The van der Waals surface area contributed by atoms with E-state index in [4.69, 9.17) is 15.6 Å². The normalized spacial score (nSPS) is 16.3. The van der Waals surface area contributed by atoms with E-state index in [0.717, 1.165) is 18.5 Å². The molecule has 0 aromatic carbocycles. The zero-order valence-corrected chi connectivity index (χ0v) is 8.93. The number of rotatable bonds is 4. The third-order valence-electron chi connectivity index (χ3n) is 2.72. The molecule has 88 valence electrons. The number of aryl methyl sites for hydroxylation is 1. The Morgan fingerprint density at radius 1 is 1.75 bits per heavy atom. The average Bonchev–Trinajstić information content (AvgIpc) is 2.69. The number of aliphatic carboxylic acids is 1. The molecule has 1 aromatic rings. The first-order chi connectivity index (χ1) is 7.72. The van der Waals surface area contributed by atoms with Gasteiger partial charge in [-0.25, -0.2) is 4.68 Å². The molecule has 6 heteroatoms. The van der Waals surface area contributed by atoms with Gasteiger partial charge in [-0.3, -0.25) is 4.79 Å². The number of hydrogen-bond donors (Lipinski definition) is 2. The Hall–Kier alpha value is -1.56. The molecule has 1 aliphatic heterocycles. The molecular weight excluding hydrogens is 210 g/mol. The summed E-state index contributed by atoms with van der Waals surface area (Å²) in [5, 5.41) is 13.0. The Balaban J connectivity index is 2.24. The van der Waals surface area contributed by atoms with Crippen molar-refractivity contribution >= 4 is 5.97 Å². The number of carbonyl (C=O) groups is 1. The molecule has 16 heavy (non-hydrogen) atoms. The van der Waals surface area contributed by atoms with E-state index in [1.54, 1.807) is 10.9 Å².